The summed E-state index contributed by atoms with van der Waals surface area (Å²) in [6.45, 7) is 4.60. The van der Waals surface area contributed by atoms with Crippen LogP contribution in [0.2, 0.25) is 0 Å². The fourth-order valence-corrected chi connectivity index (χ4v) is 3.54. The summed E-state index contributed by atoms with van der Waals surface area (Å²) in [6, 6.07) is 12.2. The lowest BCUT2D eigenvalue weighted by molar-refractivity contribution is -0.123. The second-order valence-corrected chi connectivity index (χ2v) is 7.13. The van der Waals surface area contributed by atoms with Crippen LogP contribution >= 0.6 is 0 Å². The Balaban J connectivity index is 1.63. The van der Waals surface area contributed by atoms with E-state index in [1.807, 2.05) is 30.3 Å². The zero-order valence-electron chi connectivity index (χ0n) is 15.9. The largest absolute Gasteiger partial charge is 0.467 e. The average molecular weight is 363 g/mol. The number of carbonyl (C=O) groups is 1. The van der Waals surface area contributed by atoms with Crippen LogP contribution in [0.4, 0.5) is 0 Å². The van der Waals surface area contributed by atoms with E-state index >= 15 is 0 Å². The van der Waals surface area contributed by atoms with Crippen LogP contribution < -0.4 is 10.1 Å². The zero-order chi connectivity index (χ0) is 19.2. The lowest BCUT2D eigenvalue weighted by Gasteiger charge is -2.16. The molecule has 0 unspecified atom stereocenters. The molecule has 1 aliphatic rings. The third kappa shape index (κ3) is 4.46. The third-order valence-electron chi connectivity index (χ3n) is 4.84. The number of hydrogen-bond acceptors (Lipinski definition) is 4. The number of nitrogens with one attached hydrogen (secondary N) is 1. The number of fused-ring (bicyclic) bond motifs is 1. The van der Waals surface area contributed by atoms with E-state index in [9.17, 15) is 10.1 Å². The Bertz CT molecular complexity index is 854. The van der Waals surface area contributed by atoms with Gasteiger partial charge in [-0.25, -0.2) is 4.98 Å². The molecule has 1 amide bonds. The molecule has 0 saturated heterocycles. The summed E-state index contributed by atoms with van der Waals surface area (Å²) in [6.07, 6.45) is 3.64. The molecule has 0 spiro atoms. The van der Waals surface area contributed by atoms with Crippen molar-refractivity contribution in [3.63, 3.8) is 0 Å². The van der Waals surface area contributed by atoms with Gasteiger partial charge in [-0.2, -0.15) is 5.26 Å². The van der Waals surface area contributed by atoms with Crippen molar-refractivity contribution in [3.8, 4) is 11.9 Å². The Hall–Kier alpha value is -2.87. The second-order valence-electron chi connectivity index (χ2n) is 7.13. The summed E-state index contributed by atoms with van der Waals surface area (Å²) in [5, 5.41) is 12.4. The SMILES string of the molecule is CC(C)c1nc(OCC(=O)NCCc2ccccc2)c(C#N)c2c1CCC2. The molecule has 1 aliphatic carbocycles. The van der Waals surface area contributed by atoms with E-state index in [1.54, 1.807) is 0 Å². The number of rotatable bonds is 7. The summed E-state index contributed by atoms with van der Waals surface area (Å²) < 4.78 is 5.66. The van der Waals surface area contributed by atoms with Crippen LogP contribution in [-0.2, 0) is 24.1 Å². The molecule has 2 aromatic rings. The quantitative estimate of drug-likeness (QED) is 0.819. The van der Waals surface area contributed by atoms with Gasteiger partial charge in [0.05, 0.1) is 5.69 Å². The lowest BCUT2D eigenvalue weighted by atomic mass is 9.98. The Kier molecular flexibility index (Phi) is 6.08. The number of benzene rings is 1. The van der Waals surface area contributed by atoms with E-state index in [2.05, 4.69) is 30.2 Å². The van der Waals surface area contributed by atoms with E-state index in [1.165, 1.54) is 11.1 Å². The molecular weight excluding hydrogens is 338 g/mol. The van der Waals surface area contributed by atoms with E-state index < -0.39 is 0 Å². The Morgan fingerprint density at radius 2 is 2.00 bits per heavy atom. The van der Waals surface area contributed by atoms with Crippen LogP contribution in [0.15, 0.2) is 30.3 Å². The smallest absolute Gasteiger partial charge is 0.258 e. The topological polar surface area (TPSA) is 75.0 Å². The maximum atomic E-state index is 12.1. The van der Waals surface area contributed by atoms with Crippen molar-refractivity contribution in [2.24, 2.45) is 0 Å². The molecule has 0 radical (unpaired) electrons. The maximum absolute atomic E-state index is 12.1. The number of hydrogen-bond donors (Lipinski definition) is 1. The molecule has 3 rings (SSSR count). The first-order chi connectivity index (χ1) is 13.1. The third-order valence-corrected chi connectivity index (χ3v) is 4.84. The van der Waals surface area contributed by atoms with Gasteiger partial charge < -0.3 is 10.1 Å². The van der Waals surface area contributed by atoms with Gasteiger partial charge in [0.25, 0.3) is 5.91 Å². The van der Waals surface area contributed by atoms with Gasteiger partial charge in [0.15, 0.2) is 6.61 Å². The minimum atomic E-state index is -0.205. The minimum absolute atomic E-state index is 0.132. The fourth-order valence-electron chi connectivity index (χ4n) is 3.54. The van der Waals surface area contributed by atoms with Crippen molar-refractivity contribution in [2.45, 2.75) is 45.4 Å². The molecular formula is C22H25N3O2. The van der Waals surface area contributed by atoms with Crippen LogP contribution in [0.5, 0.6) is 5.88 Å². The summed E-state index contributed by atoms with van der Waals surface area (Å²) in [5.74, 6) is 0.343. The van der Waals surface area contributed by atoms with E-state index in [4.69, 9.17) is 4.74 Å². The van der Waals surface area contributed by atoms with Crippen molar-refractivity contribution in [1.29, 1.82) is 5.26 Å². The number of nitrogens with zero attached hydrogens (tertiary/aromatic N) is 2. The maximum Gasteiger partial charge on any atom is 0.258 e. The highest BCUT2D eigenvalue weighted by atomic mass is 16.5. The highest BCUT2D eigenvalue weighted by molar-refractivity contribution is 5.77. The first kappa shape index (κ1) is 18.9. The van der Waals surface area contributed by atoms with Gasteiger partial charge in [0.2, 0.25) is 5.88 Å². The molecule has 0 saturated carbocycles. The normalized spacial score (nSPS) is 12.5. The summed E-state index contributed by atoms with van der Waals surface area (Å²) in [4.78, 5) is 16.7. The number of aromatic nitrogens is 1. The molecule has 1 aromatic carbocycles. The summed E-state index contributed by atoms with van der Waals surface area (Å²) in [5.41, 5.74) is 4.90. The Labute approximate surface area is 160 Å². The van der Waals surface area contributed by atoms with Crippen LogP contribution in [0, 0.1) is 11.3 Å². The molecule has 5 nitrogen and oxygen atoms in total. The van der Waals surface area contributed by atoms with Crippen LogP contribution in [-0.4, -0.2) is 24.0 Å². The van der Waals surface area contributed by atoms with E-state index in [0.29, 0.717) is 18.0 Å². The van der Waals surface area contributed by atoms with Gasteiger partial charge in [-0.1, -0.05) is 44.2 Å². The van der Waals surface area contributed by atoms with Crippen molar-refractivity contribution >= 4 is 5.91 Å². The standard InChI is InChI=1S/C22H25N3O2/c1-15(2)21-18-10-6-9-17(18)19(13-23)22(25-21)27-14-20(26)24-12-11-16-7-4-3-5-8-16/h3-5,7-8,15H,6,9-12,14H2,1-2H3,(H,24,26). The molecule has 140 valence electrons. The average Bonchev–Trinajstić information content (AvgIpc) is 3.15. The molecule has 1 heterocycles. The van der Waals surface area contributed by atoms with Crippen LogP contribution in [0.3, 0.4) is 0 Å². The predicted molar refractivity (Wildman–Crippen MR) is 104 cm³/mol. The highest BCUT2D eigenvalue weighted by Gasteiger charge is 2.25. The number of ether oxygens (including phenoxy) is 1. The number of pyridine rings is 1. The molecule has 27 heavy (non-hydrogen) atoms. The van der Waals surface area contributed by atoms with Gasteiger partial charge in [-0.15, -0.1) is 0 Å². The van der Waals surface area contributed by atoms with Crippen LogP contribution in [0.25, 0.3) is 0 Å². The molecule has 0 aliphatic heterocycles. The van der Waals surface area contributed by atoms with Gasteiger partial charge in [0.1, 0.15) is 11.6 Å². The lowest BCUT2D eigenvalue weighted by Crippen LogP contribution is -2.31. The Morgan fingerprint density at radius 1 is 1.26 bits per heavy atom. The number of carbonyl (C=O) groups excluding carboxylic acids is 1. The molecule has 1 aromatic heterocycles. The van der Waals surface area contributed by atoms with Crippen molar-refractivity contribution in [1.82, 2.24) is 10.3 Å². The Morgan fingerprint density at radius 3 is 2.70 bits per heavy atom. The van der Waals surface area contributed by atoms with E-state index in [-0.39, 0.29) is 18.4 Å². The number of amides is 1. The highest BCUT2D eigenvalue weighted by Crippen LogP contribution is 2.35. The van der Waals surface area contributed by atoms with Crippen molar-refractivity contribution in [2.75, 3.05) is 13.2 Å². The van der Waals surface area contributed by atoms with Crippen molar-refractivity contribution in [3.05, 3.63) is 58.3 Å². The van der Waals surface area contributed by atoms with Gasteiger partial charge >= 0.3 is 0 Å². The molecule has 0 fully saturated rings. The van der Waals surface area contributed by atoms with Gasteiger partial charge in [-0.3, -0.25) is 4.79 Å². The number of nitriles is 1. The molecule has 0 bridgehead atoms. The monoisotopic (exact) mass is 363 g/mol. The first-order valence-electron chi connectivity index (χ1n) is 9.49. The summed E-state index contributed by atoms with van der Waals surface area (Å²) in [7, 11) is 0. The fraction of sp³-hybridized carbons (Fsp3) is 0.409. The molecule has 1 N–H and O–H groups in total. The second kappa shape index (κ2) is 8.68. The minimum Gasteiger partial charge on any atom is -0.467 e. The molecule has 5 heteroatoms. The van der Waals surface area contributed by atoms with Crippen molar-refractivity contribution < 1.29 is 9.53 Å². The predicted octanol–water partition coefficient (Wildman–Crippen LogP) is 3.30. The van der Waals surface area contributed by atoms with Crippen LogP contribution in [0.1, 0.15) is 54.1 Å². The van der Waals surface area contributed by atoms with Gasteiger partial charge in [-0.05, 0) is 48.3 Å². The molecule has 0 atom stereocenters. The summed E-state index contributed by atoms with van der Waals surface area (Å²) >= 11 is 0. The zero-order valence-corrected chi connectivity index (χ0v) is 15.9. The van der Waals surface area contributed by atoms with E-state index in [0.717, 1.165) is 36.9 Å². The first-order valence-corrected chi connectivity index (χ1v) is 9.49. The van der Waals surface area contributed by atoms with Gasteiger partial charge in [0, 0.05) is 6.54 Å².